The van der Waals surface area contributed by atoms with Crippen LogP contribution in [0.15, 0.2) is 24.3 Å². The number of amides is 2. The second-order valence-corrected chi connectivity index (χ2v) is 6.11. The molecule has 1 aliphatic carbocycles. The molecular weight excluding hydrogens is 323 g/mol. The van der Waals surface area contributed by atoms with Gasteiger partial charge in [-0.25, -0.2) is 9.07 Å². The van der Waals surface area contributed by atoms with Crippen LogP contribution in [0.3, 0.4) is 0 Å². The summed E-state index contributed by atoms with van der Waals surface area (Å²) < 4.78 is 14.9. The van der Waals surface area contributed by atoms with Crippen molar-refractivity contribution >= 4 is 11.8 Å². The average molecular weight is 344 g/mol. The number of halogens is 1. The first kappa shape index (κ1) is 17.1. The van der Waals surface area contributed by atoms with Crippen molar-refractivity contribution in [1.82, 2.24) is 20.4 Å². The van der Waals surface area contributed by atoms with Crippen molar-refractivity contribution in [1.29, 1.82) is 0 Å². The molecule has 1 aromatic carbocycles. The van der Waals surface area contributed by atoms with Gasteiger partial charge in [0.25, 0.3) is 5.91 Å². The fourth-order valence-electron chi connectivity index (χ4n) is 3.07. The van der Waals surface area contributed by atoms with Crippen molar-refractivity contribution < 1.29 is 14.0 Å². The minimum absolute atomic E-state index is 0.231. The van der Waals surface area contributed by atoms with Crippen LogP contribution in [0.1, 0.15) is 42.0 Å². The summed E-state index contributed by atoms with van der Waals surface area (Å²) in [5.74, 6) is -0.912. The molecule has 7 heteroatoms. The summed E-state index contributed by atoms with van der Waals surface area (Å²) in [6.45, 7) is 3.97. The lowest BCUT2D eigenvalue weighted by atomic mass is 10.2. The normalized spacial score (nSPS) is 14.0. The molecule has 1 aliphatic rings. The van der Waals surface area contributed by atoms with E-state index >= 15 is 0 Å². The van der Waals surface area contributed by atoms with Gasteiger partial charge in [-0.1, -0.05) is 0 Å². The first-order valence-corrected chi connectivity index (χ1v) is 8.46. The van der Waals surface area contributed by atoms with Gasteiger partial charge >= 0.3 is 0 Å². The van der Waals surface area contributed by atoms with E-state index in [0.29, 0.717) is 12.2 Å². The summed E-state index contributed by atoms with van der Waals surface area (Å²) in [4.78, 5) is 24.4. The Kier molecular flexibility index (Phi) is 4.83. The largest absolute Gasteiger partial charge is 0.355 e. The number of nitrogens with zero attached hydrogens (tertiary/aromatic N) is 2. The Hall–Kier alpha value is -2.70. The van der Waals surface area contributed by atoms with E-state index in [1.165, 1.54) is 12.1 Å². The summed E-state index contributed by atoms with van der Waals surface area (Å²) in [7, 11) is 0. The quantitative estimate of drug-likeness (QED) is 0.868. The number of hydrogen-bond acceptors (Lipinski definition) is 3. The third-order valence-corrected chi connectivity index (χ3v) is 4.31. The van der Waals surface area contributed by atoms with E-state index in [9.17, 15) is 14.0 Å². The molecule has 2 amide bonds. The van der Waals surface area contributed by atoms with Crippen molar-refractivity contribution in [2.75, 3.05) is 6.54 Å². The number of hydrogen-bond donors (Lipinski definition) is 2. The van der Waals surface area contributed by atoms with Crippen molar-refractivity contribution in [2.24, 2.45) is 0 Å². The molecule has 6 nitrogen and oxygen atoms in total. The number of likely N-dealkylation sites (N-methyl/N-ethyl adjacent to an activating group) is 1. The van der Waals surface area contributed by atoms with Gasteiger partial charge in [0.2, 0.25) is 5.91 Å². The fraction of sp³-hybridized carbons (Fsp3) is 0.389. The zero-order valence-electron chi connectivity index (χ0n) is 14.3. The number of aromatic nitrogens is 2. The third kappa shape index (κ3) is 3.40. The smallest absolute Gasteiger partial charge is 0.272 e. The Morgan fingerprint density at radius 1 is 1.28 bits per heavy atom. The van der Waals surface area contributed by atoms with Crippen LogP contribution in [0, 0.1) is 5.82 Å². The molecule has 0 unspecified atom stereocenters. The van der Waals surface area contributed by atoms with Gasteiger partial charge in [0.05, 0.1) is 5.69 Å². The second kappa shape index (κ2) is 7.04. The third-order valence-electron chi connectivity index (χ3n) is 4.31. The molecule has 0 fully saturated rings. The van der Waals surface area contributed by atoms with Crippen LogP contribution >= 0.6 is 0 Å². The molecule has 1 atom stereocenters. The van der Waals surface area contributed by atoms with Crippen LogP contribution < -0.4 is 10.6 Å². The average Bonchev–Trinajstić information content (AvgIpc) is 3.18. The topological polar surface area (TPSA) is 76.0 Å². The van der Waals surface area contributed by atoms with Crippen LogP contribution in [0.25, 0.3) is 5.69 Å². The van der Waals surface area contributed by atoms with Gasteiger partial charge in [0, 0.05) is 17.8 Å². The number of carbonyl (C=O) groups excluding carboxylic acids is 2. The number of carbonyl (C=O) groups is 2. The Bertz CT molecular complexity index is 798. The lowest BCUT2D eigenvalue weighted by Gasteiger charge is -2.12. The Balaban J connectivity index is 1.87. The molecule has 0 aliphatic heterocycles. The van der Waals surface area contributed by atoms with Gasteiger partial charge in [0.15, 0.2) is 5.69 Å². The van der Waals surface area contributed by atoms with Crippen LogP contribution in [0.4, 0.5) is 4.39 Å². The summed E-state index contributed by atoms with van der Waals surface area (Å²) in [6, 6.07) is 5.38. The highest BCUT2D eigenvalue weighted by atomic mass is 19.1. The standard InChI is InChI=1S/C18H21FN4O2/c1-3-20-17(24)11(2)21-18(25)16-14-5-4-6-15(14)23(22-16)13-9-7-12(19)8-10-13/h7-11H,3-6H2,1-2H3,(H,20,24)(H,21,25)/t11-/m1/s1. The molecule has 132 valence electrons. The Morgan fingerprint density at radius 3 is 2.68 bits per heavy atom. The summed E-state index contributed by atoms with van der Waals surface area (Å²) in [5.41, 5.74) is 2.94. The second-order valence-electron chi connectivity index (χ2n) is 6.11. The first-order valence-electron chi connectivity index (χ1n) is 8.46. The highest BCUT2D eigenvalue weighted by Gasteiger charge is 2.28. The van der Waals surface area contributed by atoms with Crippen molar-refractivity contribution in [3.63, 3.8) is 0 Å². The van der Waals surface area contributed by atoms with E-state index in [1.54, 1.807) is 23.7 Å². The maximum absolute atomic E-state index is 13.2. The van der Waals surface area contributed by atoms with E-state index in [1.807, 2.05) is 6.92 Å². The highest BCUT2D eigenvalue weighted by molar-refractivity contribution is 5.97. The number of nitrogens with one attached hydrogen (secondary N) is 2. The predicted octanol–water partition coefficient (Wildman–Crippen LogP) is 1.75. The molecule has 0 spiro atoms. The van der Waals surface area contributed by atoms with Crippen LogP contribution in [0.2, 0.25) is 0 Å². The summed E-state index contributed by atoms with van der Waals surface area (Å²) in [6.07, 6.45) is 2.54. The monoisotopic (exact) mass is 344 g/mol. The fourth-order valence-corrected chi connectivity index (χ4v) is 3.07. The zero-order valence-corrected chi connectivity index (χ0v) is 14.3. The molecule has 2 aromatic rings. The van der Waals surface area contributed by atoms with Gasteiger partial charge in [-0.15, -0.1) is 0 Å². The number of benzene rings is 1. The zero-order chi connectivity index (χ0) is 18.0. The first-order chi connectivity index (χ1) is 12.0. The summed E-state index contributed by atoms with van der Waals surface area (Å²) >= 11 is 0. The molecule has 2 N–H and O–H groups in total. The van der Waals surface area contributed by atoms with Crippen molar-refractivity contribution in [3.8, 4) is 5.69 Å². The van der Waals surface area contributed by atoms with Crippen LogP contribution in [-0.2, 0) is 17.6 Å². The van der Waals surface area contributed by atoms with E-state index < -0.39 is 6.04 Å². The van der Waals surface area contributed by atoms with Crippen LogP contribution in [0.5, 0.6) is 0 Å². The van der Waals surface area contributed by atoms with Gasteiger partial charge in [-0.2, -0.15) is 5.10 Å². The highest BCUT2D eigenvalue weighted by Crippen LogP contribution is 2.27. The molecule has 1 heterocycles. The maximum Gasteiger partial charge on any atom is 0.272 e. The lowest BCUT2D eigenvalue weighted by Crippen LogP contribution is -2.45. The van der Waals surface area contributed by atoms with Gasteiger partial charge in [-0.05, 0) is 57.4 Å². The SMILES string of the molecule is CCNC(=O)[C@@H](C)NC(=O)c1nn(-c2ccc(F)cc2)c2c1CCC2. The molecule has 3 rings (SSSR count). The van der Waals surface area contributed by atoms with E-state index in [-0.39, 0.29) is 17.6 Å². The van der Waals surface area contributed by atoms with Gasteiger partial charge < -0.3 is 10.6 Å². The molecule has 1 aromatic heterocycles. The van der Waals surface area contributed by atoms with E-state index in [2.05, 4.69) is 15.7 Å². The number of rotatable bonds is 5. The maximum atomic E-state index is 13.2. The molecule has 0 bridgehead atoms. The van der Waals surface area contributed by atoms with Gasteiger partial charge in [-0.3, -0.25) is 9.59 Å². The molecule has 0 radical (unpaired) electrons. The summed E-state index contributed by atoms with van der Waals surface area (Å²) in [5, 5.41) is 9.81. The van der Waals surface area contributed by atoms with E-state index in [0.717, 1.165) is 36.2 Å². The number of fused-ring (bicyclic) bond motifs is 1. The molecule has 0 saturated carbocycles. The van der Waals surface area contributed by atoms with Gasteiger partial charge in [0.1, 0.15) is 11.9 Å². The van der Waals surface area contributed by atoms with Crippen molar-refractivity contribution in [3.05, 3.63) is 47.0 Å². The Labute approximate surface area is 145 Å². The lowest BCUT2D eigenvalue weighted by molar-refractivity contribution is -0.122. The molecular formula is C18H21FN4O2. The van der Waals surface area contributed by atoms with E-state index in [4.69, 9.17) is 0 Å². The molecule has 25 heavy (non-hydrogen) atoms. The van der Waals surface area contributed by atoms with Crippen molar-refractivity contribution in [2.45, 2.75) is 39.2 Å². The Morgan fingerprint density at radius 2 is 2.00 bits per heavy atom. The minimum atomic E-state index is -0.638. The molecule has 0 saturated heterocycles. The minimum Gasteiger partial charge on any atom is -0.355 e. The predicted molar refractivity (Wildman–Crippen MR) is 91.2 cm³/mol. The van der Waals surface area contributed by atoms with Crippen LogP contribution in [-0.4, -0.2) is 34.2 Å².